The van der Waals surface area contributed by atoms with Crippen LogP contribution in [0, 0.1) is 6.92 Å². The lowest BCUT2D eigenvalue weighted by Gasteiger charge is -2.19. The molecule has 0 unspecified atom stereocenters. The lowest BCUT2D eigenvalue weighted by Crippen LogP contribution is -2.18. The van der Waals surface area contributed by atoms with Crippen LogP contribution in [0.4, 0.5) is 5.82 Å². The van der Waals surface area contributed by atoms with Crippen molar-refractivity contribution < 1.29 is 4.74 Å². The Labute approximate surface area is 122 Å². The monoisotopic (exact) mass is 277 g/mol. The van der Waals surface area contributed by atoms with E-state index in [1.54, 1.807) is 0 Å². The minimum absolute atomic E-state index is 0.324. The maximum absolute atomic E-state index is 6.20. The molecule has 0 saturated heterocycles. The highest BCUT2D eigenvalue weighted by molar-refractivity contribution is 5.48. The molecule has 1 aliphatic rings. The van der Waals surface area contributed by atoms with Crippen molar-refractivity contribution >= 4 is 5.82 Å². The van der Waals surface area contributed by atoms with Gasteiger partial charge in [-0.15, -0.1) is 0 Å². The van der Waals surface area contributed by atoms with Gasteiger partial charge in [0.2, 0.25) is 5.88 Å². The molecule has 1 N–H and O–H groups in total. The summed E-state index contributed by atoms with van der Waals surface area (Å²) < 4.78 is 6.20. The minimum atomic E-state index is 0.324. The summed E-state index contributed by atoms with van der Waals surface area (Å²) >= 11 is 0. The molecule has 1 fully saturated rings. The van der Waals surface area contributed by atoms with Gasteiger partial charge in [0, 0.05) is 13.0 Å². The summed E-state index contributed by atoms with van der Waals surface area (Å²) in [4.78, 5) is 9.14. The molecule has 4 heteroatoms. The number of hydrogen-bond acceptors (Lipinski definition) is 4. The number of nitrogens with one attached hydrogen (secondary N) is 1. The van der Waals surface area contributed by atoms with Gasteiger partial charge in [-0.25, -0.2) is 4.98 Å². The standard InChI is InChI=1S/C16H27N3O/c1-4-14-18-15(17-5-2)12(3)16(19-14)20-13-10-8-6-7-9-11-13/h13H,4-11H2,1-3H3,(H,17,18,19). The summed E-state index contributed by atoms with van der Waals surface area (Å²) in [5.74, 6) is 2.55. The van der Waals surface area contributed by atoms with Gasteiger partial charge in [0.05, 0.1) is 5.56 Å². The summed E-state index contributed by atoms with van der Waals surface area (Å²) in [6, 6.07) is 0. The van der Waals surface area contributed by atoms with Gasteiger partial charge >= 0.3 is 0 Å². The molecule has 1 aromatic heterocycles. The zero-order valence-electron chi connectivity index (χ0n) is 13.0. The molecule has 0 aliphatic heterocycles. The van der Waals surface area contributed by atoms with Crippen LogP contribution >= 0.6 is 0 Å². The molecule has 0 amide bonds. The molecule has 0 atom stereocenters. The Hall–Kier alpha value is -1.32. The smallest absolute Gasteiger partial charge is 0.222 e. The van der Waals surface area contributed by atoms with Gasteiger partial charge in [-0.2, -0.15) is 4.98 Å². The zero-order chi connectivity index (χ0) is 14.4. The van der Waals surface area contributed by atoms with Crippen molar-refractivity contribution in [3.05, 3.63) is 11.4 Å². The topological polar surface area (TPSA) is 47.0 Å². The lowest BCUT2D eigenvalue weighted by atomic mass is 10.1. The Morgan fingerprint density at radius 2 is 1.80 bits per heavy atom. The van der Waals surface area contributed by atoms with Crippen LogP contribution in [-0.4, -0.2) is 22.6 Å². The molecule has 0 spiro atoms. The van der Waals surface area contributed by atoms with Gasteiger partial charge in [0.1, 0.15) is 17.7 Å². The molecule has 4 nitrogen and oxygen atoms in total. The van der Waals surface area contributed by atoms with Crippen molar-refractivity contribution in [1.82, 2.24) is 9.97 Å². The van der Waals surface area contributed by atoms with E-state index in [0.717, 1.165) is 48.9 Å². The highest BCUT2D eigenvalue weighted by atomic mass is 16.5. The number of ether oxygens (including phenoxy) is 1. The molecule has 20 heavy (non-hydrogen) atoms. The van der Waals surface area contributed by atoms with Gasteiger partial charge < -0.3 is 10.1 Å². The van der Waals surface area contributed by atoms with Crippen LogP contribution in [-0.2, 0) is 6.42 Å². The van der Waals surface area contributed by atoms with Crippen molar-refractivity contribution in [3.63, 3.8) is 0 Å². The summed E-state index contributed by atoms with van der Waals surface area (Å²) in [6.07, 6.45) is 8.69. The van der Waals surface area contributed by atoms with Crippen LogP contribution in [0.3, 0.4) is 0 Å². The third kappa shape index (κ3) is 3.84. The fraction of sp³-hybridized carbons (Fsp3) is 0.750. The molecular weight excluding hydrogens is 250 g/mol. The molecule has 0 radical (unpaired) electrons. The molecule has 0 aromatic carbocycles. The average Bonchev–Trinajstić information content (AvgIpc) is 2.72. The molecule has 1 aromatic rings. The van der Waals surface area contributed by atoms with Crippen LogP contribution in [0.5, 0.6) is 5.88 Å². The highest BCUT2D eigenvalue weighted by Gasteiger charge is 2.18. The van der Waals surface area contributed by atoms with E-state index in [1.807, 2.05) is 6.92 Å². The Morgan fingerprint density at radius 1 is 1.10 bits per heavy atom. The van der Waals surface area contributed by atoms with Gasteiger partial charge in [-0.05, 0) is 39.5 Å². The Bertz CT molecular complexity index is 426. The van der Waals surface area contributed by atoms with Gasteiger partial charge in [0.25, 0.3) is 0 Å². The number of nitrogens with zero attached hydrogens (tertiary/aromatic N) is 2. The van der Waals surface area contributed by atoms with Crippen molar-refractivity contribution in [3.8, 4) is 5.88 Å². The van der Waals surface area contributed by atoms with Crippen LogP contribution in [0.25, 0.3) is 0 Å². The molecule has 1 saturated carbocycles. The van der Waals surface area contributed by atoms with E-state index in [-0.39, 0.29) is 0 Å². The summed E-state index contributed by atoms with van der Waals surface area (Å²) in [7, 11) is 0. The van der Waals surface area contributed by atoms with E-state index in [9.17, 15) is 0 Å². The fourth-order valence-corrected chi connectivity index (χ4v) is 2.67. The predicted octanol–water partition coefficient (Wildman–Crippen LogP) is 3.88. The second-order valence-corrected chi connectivity index (χ2v) is 5.53. The second-order valence-electron chi connectivity index (χ2n) is 5.53. The van der Waals surface area contributed by atoms with E-state index in [2.05, 4.69) is 29.1 Å². The van der Waals surface area contributed by atoms with Crippen LogP contribution in [0.2, 0.25) is 0 Å². The van der Waals surface area contributed by atoms with Crippen LogP contribution in [0.1, 0.15) is 63.8 Å². The SMILES string of the molecule is CCNc1nc(CC)nc(OC2CCCCCC2)c1C. The first-order valence-electron chi connectivity index (χ1n) is 8.02. The first-order chi connectivity index (χ1) is 9.74. The van der Waals surface area contributed by atoms with Crippen LogP contribution < -0.4 is 10.1 Å². The number of rotatable bonds is 5. The number of hydrogen-bond donors (Lipinski definition) is 1. The van der Waals surface area contributed by atoms with Crippen molar-refractivity contribution in [1.29, 1.82) is 0 Å². The van der Waals surface area contributed by atoms with E-state index in [4.69, 9.17) is 4.74 Å². The number of aryl methyl sites for hydroxylation is 1. The van der Waals surface area contributed by atoms with Gasteiger partial charge in [0.15, 0.2) is 0 Å². The maximum Gasteiger partial charge on any atom is 0.222 e. The van der Waals surface area contributed by atoms with E-state index in [1.165, 1.54) is 25.7 Å². The maximum atomic E-state index is 6.20. The second kappa shape index (κ2) is 7.46. The Morgan fingerprint density at radius 3 is 2.40 bits per heavy atom. The molecule has 1 heterocycles. The molecular formula is C16H27N3O. The third-order valence-corrected chi connectivity index (χ3v) is 3.89. The number of aromatic nitrogens is 2. The van der Waals surface area contributed by atoms with Crippen molar-refractivity contribution in [2.24, 2.45) is 0 Å². The lowest BCUT2D eigenvalue weighted by molar-refractivity contribution is 0.174. The summed E-state index contributed by atoms with van der Waals surface area (Å²) in [5, 5.41) is 3.31. The van der Waals surface area contributed by atoms with Gasteiger partial charge in [-0.3, -0.25) is 0 Å². The van der Waals surface area contributed by atoms with E-state index in [0.29, 0.717) is 6.10 Å². The predicted molar refractivity (Wildman–Crippen MR) is 82.4 cm³/mol. The quantitative estimate of drug-likeness (QED) is 0.830. The Kier molecular flexibility index (Phi) is 5.62. The van der Waals surface area contributed by atoms with E-state index < -0.39 is 0 Å². The summed E-state index contributed by atoms with van der Waals surface area (Å²) in [6.45, 7) is 7.07. The molecule has 0 bridgehead atoms. The van der Waals surface area contributed by atoms with E-state index >= 15 is 0 Å². The molecule has 2 rings (SSSR count). The van der Waals surface area contributed by atoms with Gasteiger partial charge in [-0.1, -0.05) is 19.8 Å². The first kappa shape index (κ1) is 15.1. The van der Waals surface area contributed by atoms with Crippen LogP contribution in [0.15, 0.2) is 0 Å². The highest BCUT2D eigenvalue weighted by Crippen LogP contribution is 2.27. The molecule has 112 valence electrons. The Balaban J connectivity index is 2.18. The number of anilines is 1. The fourth-order valence-electron chi connectivity index (χ4n) is 2.67. The zero-order valence-corrected chi connectivity index (χ0v) is 13.0. The largest absolute Gasteiger partial charge is 0.474 e. The average molecular weight is 277 g/mol. The van der Waals surface area contributed by atoms with Crippen molar-refractivity contribution in [2.75, 3.05) is 11.9 Å². The normalized spacial score (nSPS) is 16.8. The van der Waals surface area contributed by atoms with Crippen molar-refractivity contribution in [2.45, 2.75) is 71.8 Å². The minimum Gasteiger partial charge on any atom is -0.474 e. The molecule has 1 aliphatic carbocycles. The summed E-state index contributed by atoms with van der Waals surface area (Å²) in [5.41, 5.74) is 1.04. The third-order valence-electron chi connectivity index (χ3n) is 3.89. The first-order valence-corrected chi connectivity index (χ1v) is 8.02.